The smallest absolute Gasteiger partial charge is 0.266 e. The molecule has 0 aliphatic carbocycles. The second-order valence-corrected chi connectivity index (χ2v) is 8.05. The van der Waals surface area contributed by atoms with E-state index < -0.39 is 0 Å². The van der Waals surface area contributed by atoms with Gasteiger partial charge < -0.3 is 14.2 Å². The summed E-state index contributed by atoms with van der Waals surface area (Å²) in [4.78, 5) is 20.2. The van der Waals surface area contributed by atoms with Gasteiger partial charge in [0, 0.05) is 12.2 Å². The zero-order chi connectivity index (χ0) is 22.2. The van der Waals surface area contributed by atoms with Crippen molar-refractivity contribution in [1.29, 1.82) is 0 Å². The average molecular weight is 441 g/mol. The minimum absolute atomic E-state index is 0.0294. The van der Waals surface area contributed by atoms with Crippen LogP contribution in [0.3, 0.4) is 0 Å². The van der Waals surface area contributed by atoms with Crippen LogP contribution in [0.2, 0.25) is 0 Å². The lowest BCUT2D eigenvalue weighted by molar-refractivity contribution is -0.122. The fourth-order valence-electron chi connectivity index (χ4n) is 3.01. The third-order valence-corrected chi connectivity index (χ3v) is 5.41. The summed E-state index contributed by atoms with van der Waals surface area (Å²) < 4.78 is 16.9. The molecule has 1 amide bonds. The summed E-state index contributed by atoms with van der Waals surface area (Å²) in [6.07, 6.45) is 1.81. The number of nitrogens with zero attached hydrogens (tertiary/aromatic N) is 2. The Bertz CT molecular complexity index is 957. The largest absolute Gasteiger partial charge is 0.493 e. The zero-order valence-electron chi connectivity index (χ0n) is 18.3. The Morgan fingerprint density at radius 3 is 2.58 bits per heavy atom. The van der Waals surface area contributed by atoms with E-state index >= 15 is 0 Å². The normalized spacial score (nSPS) is 16.5. The van der Waals surface area contributed by atoms with Crippen molar-refractivity contribution in [2.24, 2.45) is 4.99 Å². The number of hydrogen-bond donors (Lipinski definition) is 0. The van der Waals surface area contributed by atoms with Crippen molar-refractivity contribution in [1.82, 2.24) is 4.90 Å². The topological polar surface area (TPSA) is 60.4 Å². The van der Waals surface area contributed by atoms with Crippen molar-refractivity contribution in [2.75, 3.05) is 26.9 Å². The Morgan fingerprint density at radius 2 is 1.90 bits per heavy atom. The van der Waals surface area contributed by atoms with Gasteiger partial charge in [-0.1, -0.05) is 30.3 Å². The predicted octanol–water partition coefficient (Wildman–Crippen LogP) is 5.12. The van der Waals surface area contributed by atoms with E-state index in [0.717, 1.165) is 11.3 Å². The summed E-state index contributed by atoms with van der Waals surface area (Å²) in [7, 11) is 1.61. The van der Waals surface area contributed by atoms with E-state index in [-0.39, 0.29) is 12.0 Å². The summed E-state index contributed by atoms with van der Waals surface area (Å²) in [5.41, 5.74) is 1.58. The van der Waals surface area contributed by atoms with E-state index in [1.807, 2.05) is 75.4 Å². The van der Waals surface area contributed by atoms with Gasteiger partial charge in [-0.2, -0.15) is 0 Å². The Labute approximate surface area is 187 Å². The van der Waals surface area contributed by atoms with Crippen LogP contribution >= 0.6 is 11.8 Å². The molecule has 0 bridgehead atoms. The molecule has 0 atom stereocenters. The highest BCUT2D eigenvalue weighted by molar-refractivity contribution is 8.18. The fraction of sp³-hybridized carbons (Fsp3) is 0.333. The van der Waals surface area contributed by atoms with Gasteiger partial charge in [0.2, 0.25) is 0 Å². The number of methoxy groups -OCH3 is 1. The molecule has 0 unspecified atom stereocenters. The molecule has 3 rings (SSSR count). The van der Waals surface area contributed by atoms with Gasteiger partial charge in [-0.3, -0.25) is 9.69 Å². The standard InChI is InChI=1S/C24H28N2O4S/c1-5-29-15-14-26-23(27)21(31-24(26)25-19-11-7-6-8-12-19)16-18-10-9-13-20(28-4)22(18)30-17(2)3/h6-13,16-17H,5,14-15H2,1-4H3/b21-16-,25-24?. The van der Waals surface area contributed by atoms with E-state index in [4.69, 9.17) is 19.2 Å². The highest BCUT2D eigenvalue weighted by Gasteiger charge is 2.33. The van der Waals surface area contributed by atoms with Crippen molar-refractivity contribution in [3.05, 3.63) is 59.0 Å². The van der Waals surface area contributed by atoms with E-state index in [9.17, 15) is 4.79 Å². The fourth-order valence-corrected chi connectivity index (χ4v) is 4.03. The summed E-state index contributed by atoms with van der Waals surface area (Å²) in [6.45, 7) is 7.34. The molecule has 1 aliphatic rings. The lowest BCUT2D eigenvalue weighted by Crippen LogP contribution is -2.32. The summed E-state index contributed by atoms with van der Waals surface area (Å²) >= 11 is 1.35. The van der Waals surface area contributed by atoms with Crippen molar-refractivity contribution in [3.8, 4) is 11.5 Å². The number of amidine groups is 1. The molecule has 7 heteroatoms. The maximum absolute atomic E-state index is 13.2. The lowest BCUT2D eigenvalue weighted by atomic mass is 10.1. The van der Waals surface area contributed by atoms with Crippen molar-refractivity contribution in [3.63, 3.8) is 0 Å². The minimum atomic E-state index is -0.0994. The second kappa shape index (κ2) is 11.0. The molecular formula is C24H28N2O4S. The molecule has 6 nitrogen and oxygen atoms in total. The van der Waals surface area contributed by atoms with Crippen molar-refractivity contribution >= 4 is 34.6 Å². The Hall–Kier alpha value is -2.77. The van der Waals surface area contributed by atoms with Crippen LogP contribution in [0.15, 0.2) is 58.4 Å². The van der Waals surface area contributed by atoms with Crippen LogP contribution in [0.4, 0.5) is 5.69 Å². The van der Waals surface area contributed by atoms with Crippen molar-refractivity contribution in [2.45, 2.75) is 26.9 Å². The van der Waals surface area contributed by atoms with Gasteiger partial charge in [0.05, 0.1) is 37.0 Å². The van der Waals surface area contributed by atoms with Gasteiger partial charge in [0.15, 0.2) is 16.7 Å². The van der Waals surface area contributed by atoms with E-state index in [1.54, 1.807) is 12.0 Å². The Kier molecular flexibility index (Phi) is 8.14. The molecule has 1 saturated heterocycles. The number of ether oxygens (including phenoxy) is 3. The third-order valence-electron chi connectivity index (χ3n) is 4.40. The van der Waals surface area contributed by atoms with Gasteiger partial charge in [-0.05, 0) is 56.8 Å². The molecule has 0 N–H and O–H groups in total. The van der Waals surface area contributed by atoms with E-state index in [1.165, 1.54) is 11.8 Å². The van der Waals surface area contributed by atoms with Crippen molar-refractivity contribution < 1.29 is 19.0 Å². The molecule has 0 radical (unpaired) electrons. The van der Waals surface area contributed by atoms with E-state index in [0.29, 0.717) is 41.3 Å². The van der Waals surface area contributed by atoms with Gasteiger partial charge >= 0.3 is 0 Å². The number of para-hydroxylation sites is 2. The molecule has 0 spiro atoms. The van der Waals surface area contributed by atoms with Crippen LogP contribution < -0.4 is 9.47 Å². The first-order valence-corrected chi connectivity index (χ1v) is 11.1. The van der Waals surface area contributed by atoms with Crippen LogP contribution in [-0.4, -0.2) is 48.9 Å². The number of hydrogen-bond acceptors (Lipinski definition) is 6. The van der Waals surface area contributed by atoms with Crippen LogP contribution in [-0.2, 0) is 9.53 Å². The number of carbonyl (C=O) groups is 1. The highest BCUT2D eigenvalue weighted by Crippen LogP contribution is 2.38. The number of aliphatic imine (C=N–C) groups is 1. The monoisotopic (exact) mass is 440 g/mol. The molecular weight excluding hydrogens is 412 g/mol. The molecule has 0 saturated carbocycles. The third kappa shape index (κ3) is 5.89. The summed E-state index contributed by atoms with van der Waals surface area (Å²) in [5.74, 6) is 1.15. The second-order valence-electron chi connectivity index (χ2n) is 7.04. The molecule has 164 valence electrons. The van der Waals surface area contributed by atoms with Crippen LogP contribution in [0, 0.1) is 0 Å². The van der Waals surface area contributed by atoms with Crippen LogP contribution in [0.5, 0.6) is 11.5 Å². The summed E-state index contributed by atoms with van der Waals surface area (Å²) in [5, 5.41) is 0.636. The molecule has 2 aromatic rings. The number of carbonyl (C=O) groups excluding carboxylic acids is 1. The first-order valence-electron chi connectivity index (χ1n) is 10.3. The molecule has 1 fully saturated rings. The summed E-state index contributed by atoms with van der Waals surface area (Å²) in [6, 6.07) is 15.3. The molecule has 0 aromatic heterocycles. The quantitative estimate of drug-likeness (QED) is 0.400. The number of rotatable bonds is 9. The lowest BCUT2D eigenvalue weighted by Gasteiger charge is -2.16. The first kappa shape index (κ1) is 22.9. The van der Waals surface area contributed by atoms with Gasteiger partial charge in [0.1, 0.15) is 0 Å². The highest BCUT2D eigenvalue weighted by atomic mass is 32.2. The Balaban J connectivity index is 1.97. The number of amides is 1. The number of thioether (sulfide) groups is 1. The molecule has 2 aromatic carbocycles. The number of benzene rings is 2. The average Bonchev–Trinajstić information content (AvgIpc) is 3.04. The Morgan fingerprint density at radius 1 is 1.13 bits per heavy atom. The minimum Gasteiger partial charge on any atom is -0.493 e. The van der Waals surface area contributed by atoms with Gasteiger partial charge in [-0.25, -0.2) is 4.99 Å². The molecule has 1 aliphatic heterocycles. The SMILES string of the molecule is CCOCCN1C(=O)/C(=C/c2cccc(OC)c2OC(C)C)SC1=Nc1ccccc1. The van der Waals surface area contributed by atoms with E-state index in [2.05, 4.69) is 0 Å². The molecule has 31 heavy (non-hydrogen) atoms. The maximum atomic E-state index is 13.2. The predicted molar refractivity (Wildman–Crippen MR) is 126 cm³/mol. The maximum Gasteiger partial charge on any atom is 0.266 e. The van der Waals surface area contributed by atoms with Crippen LogP contribution in [0.25, 0.3) is 6.08 Å². The molecule has 1 heterocycles. The first-order chi connectivity index (χ1) is 15.0. The van der Waals surface area contributed by atoms with Gasteiger partial charge in [0.25, 0.3) is 5.91 Å². The van der Waals surface area contributed by atoms with Crippen LogP contribution in [0.1, 0.15) is 26.3 Å². The zero-order valence-corrected chi connectivity index (χ0v) is 19.1. The van der Waals surface area contributed by atoms with Gasteiger partial charge in [-0.15, -0.1) is 0 Å².